The number of phenolic OH excluding ortho intramolecular Hbond substituents is 1. The zero-order valence-corrected chi connectivity index (χ0v) is 12.9. The summed E-state index contributed by atoms with van der Waals surface area (Å²) in [5.74, 6) is -0.0690. The minimum Gasteiger partial charge on any atom is -0.508 e. The van der Waals surface area contributed by atoms with Crippen LogP contribution in [0.15, 0.2) is 35.2 Å². The second-order valence-electron chi connectivity index (χ2n) is 4.90. The van der Waals surface area contributed by atoms with Crippen molar-refractivity contribution < 1.29 is 13.5 Å². The lowest BCUT2D eigenvalue weighted by molar-refractivity contribution is 0.473. The lowest BCUT2D eigenvalue weighted by Crippen LogP contribution is -2.25. The van der Waals surface area contributed by atoms with Crippen molar-refractivity contribution >= 4 is 10.0 Å². The molecule has 1 aromatic carbocycles. The van der Waals surface area contributed by atoms with Crippen LogP contribution in [-0.2, 0) is 16.6 Å². The van der Waals surface area contributed by atoms with Crippen LogP contribution in [-0.4, -0.2) is 29.8 Å². The van der Waals surface area contributed by atoms with Crippen LogP contribution in [0.2, 0.25) is 0 Å². The first-order valence-corrected chi connectivity index (χ1v) is 8.16. The minimum absolute atomic E-state index is 0.0635. The highest BCUT2D eigenvalue weighted by molar-refractivity contribution is 7.89. The van der Waals surface area contributed by atoms with E-state index in [1.165, 1.54) is 24.3 Å². The molecule has 0 aliphatic rings. The molecule has 2 N–H and O–H groups in total. The Morgan fingerprint density at radius 2 is 2.05 bits per heavy atom. The van der Waals surface area contributed by atoms with Gasteiger partial charge in [0.1, 0.15) is 5.75 Å². The Morgan fingerprint density at radius 3 is 2.67 bits per heavy atom. The Morgan fingerprint density at radius 1 is 1.29 bits per heavy atom. The summed E-state index contributed by atoms with van der Waals surface area (Å²) in [6.07, 6.45) is 0.639. The third-order valence-corrected chi connectivity index (χ3v) is 4.53. The molecule has 0 fully saturated rings. The number of rotatable bonds is 6. The molecule has 0 bridgehead atoms. The van der Waals surface area contributed by atoms with Crippen LogP contribution in [0, 0.1) is 13.8 Å². The van der Waals surface area contributed by atoms with E-state index in [-0.39, 0.29) is 10.6 Å². The van der Waals surface area contributed by atoms with Gasteiger partial charge in [0.2, 0.25) is 10.0 Å². The average molecular weight is 309 g/mol. The Hall–Kier alpha value is -1.86. The SMILES string of the molecule is Cc1cc(C)n(CCCNS(=O)(=O)c2cccc(O)c2)n1. The van der Waals surface area contributed by atoms with Gasteiger partial charge in [0.15, 0.2) is 0 Å². The molecule has 7 heteroatoms. The molecule has 0 saturated heterocycles. The summed E-state index contributed by atoms with van der Waals surface area (Å²) in [5, 5.41) is 13.6. The molecule has 0 aliphatic heterocycles. The van der Waals surface area contributed by atoms with Gasteiger partial charge in [-0.3, -0.25) is 4.68 Å². The first kappa shape index (κ1) is 15.5. The van der Waals surface area contributed by atoms with Gasteiger partial charge in [-0.25, -0.2) is 13.1 Å². The van der Waals surface area contributed by atoms with Gasteiger partial charge in [-0.05, 0) is 44.5 Å². The second kappa shape index (κ2) is 6.28. The smallest absolute Gasteiger partial charge is 0.240 e. The molecule has 6 nitrogen and oxygen atoms in total. The van der Waals surface area contributed by atoms with Crippen LogP contribution in [0.3, 0.4) is 0 Å². The van der Waals surface area contributed by atoms with Crippen LogP contribution in [0.5, 0.6) is 5.75 Å². The van der Waals surface area contributed by atoms with Crippen molar-refractivity contribution in [1.29, 1.82) is 0 Å². The Balaban J connectivity index is 1.89. The quantitative estimate of drug-likeness (QED) is 0.793. The van der Waals surface area contributed by atoms with Gasteiger partial charge in [-0.15, -0.1) is 0 Å². The van der Waals surface area contributed by atoms with E-state index in [0.29, 0.717) is 19.5 Å². The fourth-order valence-electron chi connectivity index (χ4n) is 2.07. The fraction of sp³-hybridized carbons (Fsp3) is 0.357. The zero-order valence-electron chi connectivity index (χ0n) is 12.1. The highest BCUT2D eigenvalue weighted by Crippen LogP contribution is 2.15. The maximum absolute atomic E-state index is 12.0. The maximum Gasteiger partial charge on any atom is 0.240 e. The van der Waals surface area contributed by atoms with Crippen LogP contribution < -0.4 is 4.72 Å². The summed E-state index contributed by atoms with van der Waals surface area (Å²) in [4.78, 5) is 0.0635. The highest BCUT2D eigenvalue weighted by Gasteiger charge is 2.13. The van der Waals surface area contributed by atoms with Crippen molar-refractivity contribution in [1.82, 2.24) is 14.5 Å². The van der Waals surface area contributed by atoms with Crippen molar-refractivity contribution in [2.24, 2.45) is 0 Å². The Bertz CT molecular complexity index is 723. The molecule has 0 spiro atoms. The molecule has 21 heavy (non-hydrogen) atoms. The molecule has 2 rings (SSSR count). The number of aromatic hydroxyl groups is 1. The van der Waals surface area contributed by atoms with Gasteiger partial charge in [-0.1, -0.05) is 6.07 Å². The van der Waals surface area contributed by atoms with Crippen molar-refractivity contribution in [3.63, 3.8) is 0 Å². The van der Waals surface area contributed by atoms with Gasteiger partial charge < -0.3 is 5.11 Å². The average Bonchev–Trinajstić information content (AvgIpc) is 2.73. The van der Waals surface area contributed by atoms with Crippen LogP contribution in [0.1, 0.15) is 17.8 Å². The Labute approximate surface area is 124 Å². The summed E-state index contributed by atoms with van der Waals surface area (Å²) in [6, 6.07) is 7.59. The summed E-state index contributed by atoms with van der Waals surface area (Å²) >= 11 is 0. The van der Waals surface area contributed by atoms with Crippen molar-refractivity contribution in [3.05, 3.63) is 41.7 Å². The number of phenols is 1. The fourth-order valence-corrected chi connectivity index (χ4v) is 3.18. The largest absolute Gasteiger partial charge is 0.508 e. The molecule has 0 unspecified atom stereocenters. The van der Waals surface area contributed by atoms with Gasteiger partial charge in [0.25, 0.3) is 0 Å². The standard InChI is InChI=1S/C14H19N3O3S/c1-11-9-12(2)17(16-11)8-4-7-15-21(19,20)14-6-3-5-13(18)10-14/h3,5-6,9-10,15,18H,4,7-8H2,1-2H3. The molecule has 0 aliphatic carbocycles. The topological polar surface area (TPSA) is 84.2 Å². The second-order valence-corrected chi connectivity index (χ2v) is 6.67. The first-order chi connectivity index (χ1) is 9.88. The lowest BCUT2D eigenvalue weighted by atomic mass is 10.3. The number of hydrogen-bond donors (Lipinski definition) is 2. The number of nitrogens with one attached hydrogen (secondary N) is 1. The maximum atomic E-state index is 12.0. The third-order valence-electron chi connectivity index (χ3n) is 3.07. The van der Waals surface area contributed by atoms with Gasteiger partial charge in [0.05, 0.1) is 10.6 Å². The van der Waals surface area contributed by atoms with Crippen LogP contribution in [0.25, 0.3) is 0 Å². The monoisotopic (exact) mass is 309 g/mol. The van der Waals surface area contributed by atoms with E-state index in [4.69, 9.17) is 0 Å². The minimum atomic E-state index is -3.58. The van der Waals surface area contributed by atoms with Crippen molar-refractivity contribution in [3.8, 4) is 5.75 Å². The number of nitrogens with zero attached hydrogens (tertiary/aromatic N) is 2. The van der Waals surface area contributed by atoms with Crippen molar-refractivity contribution in [2.45, 2.75) is 31.7 Å². The summed E-state index contributed by atoms with van der Waals surface area (Å²) in [6.45, 7) is 4.86. The van der Waals surface area contributed by atoms with E-state index in [0.717, 1.165) is 11.4 Å². The van der Waals surface area contributed by atoms with Crippen molar-refractivity contribution in [2.75, 3.05) is 6.54 Å². The van der Waals surface area contributed by atoms with E-state index in [1.807, 2.05) is 24.6 Å². The number of hydrogen-bond acceptors (Lipinski definition) is 4. The molecular formula is C14H19N3O3S. The van der Waals surface area contributed by atoms with E-state index >= 15 is 0 Å². The molecule has 1 aromatic heterocycles. The number of sulfonamides is 1. The molecule has 0 atom stereocenters. The Kier molecular flexibility index (Phi) is 4.64. The summed E-state index contributed by atoms with van der Waals surface area (Å²) < 4.78 is 28.4. The number of aryl methyl sites for hydroxylation is 3. The molecule has 2 aromatic rings. The molecule has 0 saturated carbocycles. The van der Waals surface area contributed by atoms with Gasteiger partial charge in [-0.2, -0.15) is 5.10 Å². The van der Waals surface area contributed by atoms with E-state index in [9.17, 15) is 13.5 Å². The first-order valence-electron chi connectivity index (χ1n) is 6.68. The zero-order chi connectivity index (χ0) is 15.5. The predicted molar refractivity (Wildman–Crippen MR) is 79.6 cm³/mol. The van der Waals surface area contributed by atoms with Gasteiger partial charge >= 0.3 is 0 Å². The normalized spacial score (nSPS) is 11.7. The molecule has 114 valence electrons. The summed E-state index contributed by atoms with van der Waals surface area (Å²) in [5.41, 5.74) is 2.01. The molecule has 1 heterocycles. The lowest BCUT2D eigenvalue weighted by Gasteiger charge is -2.08. The number of benzene rings is 1. The van der Waals surface area contributed by atoms with E-state index < -0.39 is 10.0 Å². The third kappa shape index (κ3) is 4.05. The number of aromatic nitrogens is 2. The van der Waals surface area contributed by atoms with Gasteiger partial charge in [0, 0.05) is 18.8 Å². The van der Waals surface area contributed by atoms with E-state index in [2.05, 4.69) is 9.82 Å². The predicted octanol–water partition coefficient (Wildman–Crippen LogP) is 1.57. The highest BCUT2D eigenvalue weighted by atomic mass is 32.2. The summed E-state index contributed by atoms with van der Waals surface area (Å²) in [7, 11) is -3.58. The molecule has 0 amide bonds. The van der Waals surface area contributed by atoms with Crippen LogP contribution >= 0.6 is 0 Å². The van der Waals surface area contributed by atoms with E-state index in [1.54, 1.807) is 0 Å². The molecule has 0 radical (unpaired) electrons. The molecular weight excluding hydrogens is 290 g/mol. The van der Waals surface area contributed by atoms with Crippen LogP contribution in [0.4, 0.5) is 0 Å².